The number of amidine groups is 2. The molecule has 284 valence electrons. The Kier molecular flexibility index (Phi) is 22.0. The molecule has 2 heterocycles. The Morgan fingerprint density at radius 1 is 0.571 bits per heavy atom. The molecule has 22 heteroatoms. The monoisotopic (exact) mass is 950 g/mol. The SMILES string of the molecule is CSC(/N=C/c1ccccc1[O-])=N/N=C(/C=C(\[O-])c1cccs1)C(F)(F)F.CSC(/N=C/c1ccccc1[O-])=N/N=C(/C=C(\[O-])c1cccs1)C(F)(F)F.[Zn+2].[Zn+2]. The van der Waals surface area contributed by atoms with Crippen molar-refractivity contribution in [1.29, 1.82) is 0 Å². The molecule has 0 aliphatic heterocycles. The fourth-order valence-electron chi connectivity index (χ4n) is 3.42. The minimum atomic E-state index is -4.86. The van der Waals surface area contributed by atoms with Gasteiger partial charge in [-0.15, -0.1) is 54.6 Å². The van der Waals surface area contributed by atoms with E-state index >= 15 is 0 Å². The number of benzene rings is 2. The molecule has 4 aromatic rings. The predicted octanol–water partition coefficient (Wildman–Crippen LogP) is 6.55. The van der Waals surface area contributed by atoms with E-state index < -0.39 is 35.3 Å². The molecule has 2 aromatic heterocycles. The van der Waals surface area contributed by atoms with E-state index in [1.165, 1.54) is 48.8 Å². The largest absolute Gasteiger partial charge is 2.00 e. The van der Waals surface area contributed by atoms with Gasteiger partial charge in [0.05, 0.1) is 0 Å². The second-order valence-electron chi connectivity index (χ2n) is 9.70. The summed E-state index contributed by atoms with van der Waals surface area (Å²) in [5, 5.41) is 63.1. The third kappa shape index (κ3) is 17.1. The number of thiophene rings is 2. The van der Waals surface area contributed by atoms with E-state index in [1.807, 2.05) is 0 Å². The molecular weight excluding hydrogens is 929 g/mol. The van der Waals surface area contributed by atoms with Crippen LogP contribution in [-0.2, 0) is 39.0 Å². The van der Waals surface area contributed by atoms with Gasteiger partial charge >= 0.3 is 51.3 Å². The minimum absolute atomic E-state index is 0. The first-order chi connectivity index (χ1) is 25.6. The first kappa shape index (κ1) is 50.1. The molecule has 0 aliphatic carbocycles. The molecule has 0 aliphatic rings. The molecule has 0 saturated heterocycles. The van der Waals surface area contributed by atoms with E-state index in [4.69, 9.17) is 0 Å². The van der Waals surface area contributed by atoms with Crippen molar-refractivity contribution in [3.05, 3.63) is 117 Å². The molecule has 10 nitrogen and oxygen atoms in total. The van der Waals surface area contributed by atoms with Gasteiger partial charge in [0.2, 0.25) is 10.3 Å². The fourth-order valence-corrected chi connectivity index (χ4v) is 5.25. The van der Waals surface area contributed by atoms with Crippen LogP contribution in [0.3, 0.4) is 0 Å². The standard InChI is InChI=1S/2C17H14F3N3O2S2.2Zn/c2*1-26-16(21-10-11-5-2-3-6-12(11)24)23-22-15(17(18,19)20)9-13(25)14-7-4-8-27-14;;/h2*2-10,24-25H,1H3;;/q;;2*+2/p-4/b2*13-9-,21-10+,22-15-,23-16+;;. The summed E-state index contributed by atoms with van der Waals surface area (Å²) in [7, 11) is 0. The number of thioether (sulfide) groups is 2. The van der Waals surface area contributed by atoms with Crippen molar-refractivity contribution in [3.63, 3.8) is 0 Å². The number of alkyl halides is 6. The van der Waals surface area contributed by atoms with Crippen molar-refractivity contribution in [3.8, 4) is 11.5 Å². The van der Waals surface area contributed by atoms with Crippen LogP contribution in [0.25, 0.3) is 11.5 Å². The second-order valence-corrected chi connectivity index (χ2v) is 13.1. The Hall–Kier alpha value is -3.93. The fraction of sp³-hybridized carbons (Fsp3) is 0.118. The van der Waals surface area contributed by atoms with Crippen LogP contribution in [0.2, 0.25) is 0 Å². The summed E-state index contributed by atoms with van der Waals surface area (Å²) in [4.78, 5) is 8.06. The average molecular weight is 954 g/mol. The summed E-state index contributed by atoms with van der Waals surface area (Å²) in [6, 6.07) is 18.0. The van der Waals surface area contributed by atoms with Crippen LogP contribution in [0.1, 0.15) is 20.9 Å². The number of hydrogen-bond donors (Lipinski definition) is 0. The number of hydrogen-bond acceptors (Lipinski definition) is 12. The van der Waals surface area contributed by atoms with E-state index in [9.17, 15) is 46.8 Å². The molecule has 0 saturated carbocycles. The van der Waals surface area contributed by atoms with E-state index in [1.54, 1.807) is 59.7 Å². The average Bonchev–Trinajstić information content (AvgIpc) is 3.87. The number of rotatable bonds is 8. The van der Waals surface area contributed by atoms with Crippen molar-refractivity contribution in [1.82, 2.24) is 0 Å². The van der Waals surface area contributed by atoms with Gasteiger partial charge in [-0.05, 0) is 58.7 Å². The third-order valence-electron chi connectivity index (χ3n) is 5.96. The van der Waals surface area contributed by atoms with Crippen LogP contribution in [-0.4, -0.2) is 59.1 Å². The molecule has 4 rings (SSSR count). The van der Waals surface area contributed by atoms with Crippen molar-refractivity contribution in [2.45, 2.75) is 12.4 Å². The van der Waals surface area contributed by atoms with E-state index in [2.05, 4.69) is 30.4 Å². The predicted molar refractivity (Wildman–Crippen MR) is 200 cm³/mol. The molecule has 0 amide bonds. The Labute approximate surface area is 358 Å². The maximum atomic E-state index is 13.1. The Morgan fingerprint density at radius 2 is 0.929 bits per heavy atom. The van der Waals surface area contributed by atoms with Crippen LogP contribution in [0.15, 0.2) is 126 Å². The van der Waals surface area contributed by atoms with Gasteiger partial charge in [0.15, 0.2) is 11.4 Å². The van der Waals surface area contributed by atoms with Crippen LogP contribution in [0, 0.1) is 0 Å². The van der Waals surface area contributed by atoms with Crippen LogP contribution >= 0.6 is 46.2 Å². The molecule has 0 atom stereocenters. The second kappa shape index (κ2) is 24.6. The maximum Gasteiger partial charge on any atom is 2.00 e. The van der Waals surface area contributed by atoms with Crippen LogP contribution < -0.4 is 20.4 Å². The number of halogens is 6. The van der Waals surface area contributed by atoms with Gasteiger partial charge in [-0.3, -0.25) is 0 Å². The zero-order valence-corrected chi connectivity index (χ0v) is 38.2. The Balaban J connectivity index is 0.000000541. The summed E-state index contributed by atoms with van der Waals surface area (Å²) in [5.74, 6) is -2.19. The van der Waals surface area contributed by atoms with Gasteiger partial charge in [0.25, 0.3) is 0 Å². The van der Waals surface area contributed by atoms with E-state index in [0.29, 0.717) is 12.2 Å². The summed E-state index contributed by atoms with van der Waals surface area (Å²) >= 11 is 3.93. The third-order valence-corrected chi connectivity index (χ3v) is 8.84. The van der Waals surface area contributed by atoms with Gasteiger partial charge in [-0.1, -0.05) is 95.7 Å². The summed E-state index contributed by atoms with van der Waals surface area (Å²) in [6.45, 7) is 0. The number of allylic oxidation sites excluding steroid dienone is 2. The smallest absolute Gasteiger partial charge is 0.872 e. The Morgan fingerprint density at radius 3 is 1.21 bits per heavy atom. The number of aliphatic imine (C=N–C) groups is 2. The summed E-state index contributed by atoms with van der Waals surface area (Å²) in [6.07, 6.45) is -3.45. The molecule has 0 fully saturated rings. The first-order valence-electron chi connectivity index (χ1n) is 14.6. The molecular formula is C34H24F6N6O4S4Zn2. The van der Waals surface area contributed by atoms with Crippen molar-refractivity contribution in [2.75, 3.05) is 12.5 Å². The van der Waals surface area contributed by atoms with Gasteiger partial charge in [0.1, 0.15) is 0 Å². The Bertz CT molecular complexity index is 1940. The molecule has 56 heavy (non-hydrogen) atoms. The van der Waals surface area contributed by atoms with Gasteiger partial charge < -0.3 is 20.4 Å². The van der Waals surface area contributed by atoms with Gasteiger partial charge in [0, 0.05) is 22.2 Å². The topological polar surface area (TPSA) is 166 Å². The van der Waals surface area contributed by atoms with Crippen LogP contribution in [0.5, 0.6) is 11.5 Å². The van der Waals surface area contributed by atoms with Crippen molar-refractivity contribution >= 4 is 91.9 Å². The van der Waals surface area contributed by atoms with E-state index in [0.717, 1.165) is 46.2 Å². The summed E-state index contributed by atoms with van der Waals surface area (Å²) < 4.78 is 78.7. The first-order valence-corrected chi connectivity index (χ1v) is 18.8. The van der Waals surface area contributed by atoms with Gasteiger partial charge in [-0.25, -0.2) is 9.98 Å². The van der Waals surface area contributed by atoms with E-state index in [-0.39, 0.29) is 81.7 Å². The normalized spacial score (nSPS) is 13.6. The molecule has 2 aromatic carbocycles. The number of nitrogens with zero attached hydrogens (tertiary/aromatic N) is 6. The molecule has 0 bridgehead atoms. The quantitative estimate of drug-likeness (QED) is 0.0485. The van der Waals surface area contributed by atoms with Crippen molar-refractivity contribution in [2.24, 2.45) is 30.4 Å². The molecule has 0 spiro atoms. The number of para-hydroxylation sites is 2. The van der Waals surface area contributed by atoms with Crippen LogP contribution in [0.4, 0.5) is 26.3 Å². The van der Waals surface area contributed by atoms with Crippen molar-refractivity contribution < 1.29 is 85.7 Å². The van der Waals surface area contributed by atoms with Gasteiger partial charge in [-0.2, -0.15) is 26.3 Å². The summed E-state index contributed by atoms with van der Waals surface area (Å²) in [5.41, 5.74) is -2.35. The molecule has 0 unspecified atom stereocenters. The maximum absolute atomic E-state index is 13.1. The molecule has 0 radical (unpaired) electrons. The minimum Gasteiger partial charge on any atom is -0.872 e. The zero-order valence-electron chi connectivity index (χ0n) is 29.0. The molecule has 0 N–H and O–H groups in total. The zero-order chi connectivity index (χ0) is 39.7.